The summed E-state index contributed by atoms with van der Waals surface area (Å²) in [6.45, 7) is 7.79. The van der Waals surface area contributed by atoms with Crippen LogP contribution in [-0.2, 0) is 4.79 Å². The fourth-order valence-corrected chi connectivity index (χ4v) is 3.94. The normalized spacial score (nSPS) is 12.2. The van der Waals surface area contributed by atoms with Gasteiger partial charge in [0.05, 0.1) is 12.5 Å². The second kappa shape index (κ2) is 9.51. The summed E-state index contributed by atoms with van der Waals surface area (Å²) in [5.41, 5.74) is 2.72. The summed E-state index contributed by atoms with van der Waals surface area (Å²) in [4.78, 5) is 26.5. The third kappa shape index (κ3) is 4.31. The first-order valence-electron chi connectivity index (χ1n) is 11.3. The lowest BCUT2D eigenvalue weighted by Crippen LogP contribution is -2.35. The number of nitrogens with zero attached hydrogens (tertiary/aromatic N) is 3. The topological polar surface area (TPSA) is 99.2 Å². The molecule has 0 aliphatic rings. The second-order valence-corrected chi connectivity index (χ2v) is 8.48. The van der Waals surface area contributed by atoms with Gasteiger partial charge < -0.3 is 14.6 Å². The van der Waals surface area contributed by atoms with Crippen LogP contribution in [0.25, 0.3) is 22.2 Å². The number of rotatable bonds is 7. The zero-order valence-electron chi connectivity index (χ0n) is 20.0. The van der Waals surface area contributed by atoms with Crippen molar-refractivity contribution in [2.24, 2.45) is 0 Å². The van der Waals surface area contributed by atoms with Crippen molar-refractivity contribution in [3.63, 3.8) is 0 Å². The molecule has 2 heterocycles. The predicted octanol–water partition coefficient (Wildman–Crippen LogP) is 5.08. The largest absolute Gasteiger partial charge is 0.497 e. The van der Waals surface area contributed by atoms with Crippen LogP contribution in [0.3, 0.4) is 0 Å². The summed E-state index contributed by atoms with van der Waals surface area (Å²) >= 11 is 0. The molecule has 8 heteroatoms. The van der Waals surface area contributed by atoms with Crippen LogP contribution in [0.1, 0.15) is 50.5 Å². The molecule has 1 amide bonds. The maximum Gasteiger partial charge on any atom is 0.297 e. The summed E-state index contributed by atoms with van der Waals surface area (Å²) in [7, 11) is 1.58. The number of carbonyl (C=O) groups excluding carboxylic acids is 1. The number of aryl methyl sites for hydroxylation is 1. The minimum absolute atomic E-state index is 0.137. The number of methoxy groups -OCH3 is 1. The van der Waals surface area contributed by atoms with Gasteiger partial charge in [0.1, 0.15) is 23.2 Å². The van der Waals surface area contributed by atoms with Gasteiger partial charge >= 0.3 is 0 Å². The van der Waals surface area contributed by atoms with Crippen LogP contribution in [0, 0.1) is 6.92 Å². The van der Waals surface area contributed by atoms with Gasteiger partial charge in [0.25, 0.3) is 5.56 Å². The molecule has 0 spiro atoms. The maximum absolute atomic E-state index is 13.3. The lowest BCUT2D eigenvalue weighted by molar-refractivity contribution is -0.119. The number of fused-ring (bicyclic) bond motifs is 1. The smallest absolute Gasteiger partial charge is 0.297 e. The predicted molar refractivity (Wildman–Crippen MR) is 131 cm³/mol. The molecule has 0 aliphatic carbocycles. The van der Waals surface area contributed by atoms with Crippen LogP contribution < -0.4 is 15.6 Å². The van der Waals surface area contributed by atoms with E-state index < -0.39 is 11.6 Å². The number of hydrogen-bond donors (Lipinski definition) is 1. The zero-order chi connectivity index (χ0) is 24.4. The van der Waals surface area contributed by atoms with Gasteiger partial charge in [0.2, 0.25) is 5.91 Å². The number of benzene rings is 2. The van der Waals surface area contributed by atoms with E-state index in [0.717, 1.165) is 5.56 Å². The van der Waals surface area contributed by atoms with Gasteiger partial charge in [-0.2, -0.15) is 5.10 Å². The third-order valence-electron chi connectivity index (χ3n) is 5.89. The molecule has 0 saturated heterocycles. The molecule has 0 radical (unpaired) electrons. The number of amides is 1. The Labute approximate surface area is 197 Å². The monoisotopic (exact) mass is 460 g/mol. The Kier molecular flexibility index (Phi) is 6.49. The van der Waals surface area contributed by atoms with Crippen LogP contribution >= 0.6 is 0 Å². The Morgan fingerprint density at radius 3 is 2.56 bits per heavy atom. The minimum atomic E-state index is -0.831. The first-order chi connectivity index (χ1) is 16.3. The number of nitrogens with one attached hydrogen (secondary N) is 1. The number of aromatic nitrogens is 3. The van der Waals surface area contributed by atoms with Crippen LogP contribution in [0.15, 0.2) is 57.8 Å². The van der Waals surface area contributed by atoms with Crippen molar-refractivity contribution >= 4 is 22.5 Å². The highest BCUT2D eigenvalue weighted by Crippen LogP contribution is 2.30. The minimum Gasteiger partial charge on any atom is -0.497 e. The van der Waals surface area contributed by atoms with E-state index in [1.807, 2.05) is 55.5 Å². The maximum atomic E-state index is 13.3. The summed E-state index contributed by atoms with van der Waals surface area (Å²) in [6, 6.07) is 14.2. The van der Waals surface area contributed by atoms with Gasteiger partial charge in [-0.3, -0.25) is 9.59 Å². The van der Waals surface area contributed by atoms with E-state index in [2.05, 4.69) is 29.4 Å². The molecular formula is C26H28N4O4. The first kappa shape index (κ1) is 23.2. The zero-order valence-corrected chi connectivity index (χ0v) is 20.0. The average Bonchev–Trinajstić information content (AvgIpc) is 3.23. The van der Waals surface area contributed by atoms with E-state index in [1.54, 1.807) is 14.0 Å². The third-order valence-corrected chi connectivity index (χ3v) is 5.89. The van der Waals surface area contributed by atoms with Crippen molar-refractivity contribution in [3.8, 4) is 17.0 Å². The van der Waals surface area contributed by atoms with Crippen LogP contribution in [0.4, 0.5) is 5.69 Å². The van der Waals surface area contributed by atoms with Crippen LogP contribution in [0.2, 0.25) is 0 Å². The van der Waals surface area contributed by atoms with E-state index in [1.165, 1.54) is 10.2 Å². The molecule has 0 bridgehead atoms. The van der Waals surface area contributed by atoms with E-state index >= 15 is 0 Å². The van der Waals surface area contributed by atoms with Gasteiger partial charge in [-0.15, -0.1) is 0 Å². The van der Waals surface area contributed by atoms with E-state index in [-0.39, 0.29) is 11.4 Å². The Morgan fingerprint density at radius 2 is 1.91 bits per heavy atom. The molecule has 0 unspecified atom stereocenters. The molecular weight excluding hydrogens is 432 g/mol. The molecule has 4 rings (SSSR count). The fraction of sp³-hybridized carbons (Fsp3) is 0.308. The van der Waals surface area contributed by atoms with Gasteiger partial charge in [-0.25, -0.2) is 4.68 Å². The average molecular weight is 461 g/mol. The quantitative estimate of drug-likeness (QED) is 0.413. The number of anilines is 1. The van der Waals surface area contributed by atoms with Gasteiger partial charge in [-0.05, 0) is 49.1 Å². The Morgan fingerprint density at radius 1 is 1.18 bits per heavy atom. The summed E-state index contributed by atoms with van der Waals surface area (Å²) in [5.74, 6) is 1.19. The molecule has 1 N–H and O–H groups in total. The Balaban J connectivity index is 1.78. The molecule has 8 nitrogen and oxygen atoms in total. The summed E-state index contributed by atoms with van der Waals surface area (Å²) in [5, 5.41) is 12.1. The standard InChI is InChI=1S/C26H28N4O4/c1-6-21(25(31)27-19-12-10-17(11-13-19)15(2)3)30-26(32)24-22(16(4)34-29-24)23(28-30)18-8-7-9-20(14-18)33-5/h7-15,21H,6H2,1-5H3,(H,27,31)/t21-/m0/s1. The molecule has 176 valence electrons. The molecule has 0 fully saturated rings. The molecule has 34 heavy (non-hydrogen) atoms. The summed E-state index contributed by atoms with van der Waals surface area (Å²) in [6.07, 6.45) is 0.364. The van der Waals surface area contributed by atoms with Crippen molar-refractivity contribution < 1.29 is 14.1 Å². The Hall–Kier alpha value is -3.94. The van der Waals surface area contributed by atoms with E-state index in [4.69, 9.17) is 9.26 Å². The van der Waals surface area contributed by atoms with E-state index in [9.17, 15) is 9.59 Å². The SMILES string of the molecule is CC[C@@H](C(=O)Nc1ccc(C(C)C)cc1)n1nc(-c2cccc(OC)c2)c2c(C)onc2c1=O. The molecule has 2 aromatic carbocycles. The summed E-state index contributed by atoms with van der Waals surface area (Å²) < 4.78 is 11.9. The fourth-order valence-electron chi connectivity index (χ4n) is 3.94. The van der Waals surface area contributed by atoms with Crippen LogP contribution in [-0.4, -0.2) is 28.0 Å². The van der Waals surface area contributed by atoms with Crippen LogP contribution in [0.5, 0.6) is 5.75 Å². The molecule has 0 aliphatic heterocycles. The van der Waals surface area contributed by atoms with Gasteiger partial charge in [0.15, 0.2) is 5.52 Å². The molecule has 2 aromatic heterocycles. The molecule has 4 aromatic rings. The van der Waals surface area contributed by atoms with Gasteiger partial charge in [-0.1, -0.05) is 50.2 Å². The first-order valence-corrected chi connectivity index (χ1v) is 11.3. The van der Waals surface area contributed by atoms with Gasteiger partial charge in [0, 0.05) is 11.3 Å². The highest BCUT2D eigenvalue weighted by molar-refractivity contribution is 5.95. The highest BCUT2D eigenvalue weighted by Gasteiger charge is 2.26. The number of hydrogen-bond acceptors (Lipinski definition) is 6. The highest BCUT2D eigenvalue weighted by atomic mass is 16.5. The van der Waals surface area contributed by atoms with Crippen molar-refractivity contribution in [3.05, 3.63) is 70.2 Å². The number of ether oxygens (including phenoxy) is 1. The molecule has 0 saturated carbocycles. The van der Waals surface area contributed by atoms with Crippen molar-refractivity contribution in [1.29, 1.82) is 0 Å². The van der Waals surface area contributed by atoms with Crippen molar-refractivity contribution in [2.45, 2.75) is 46.1 Å². The van der Waals surface area contributed by atoms with E-state index in [0.29, 0.717) is 40.6 Å². The lowest BCUT2D eigenvalue weighted by atomic mass is 10.0. The molecule has 1 atom stereocenters. The Bertz CT molecular complexity index is 1390. The lowest BCUT2D eigenvalue weighted by Gasteiger charge is -2.18. The van der Waals surface area contributed by atoms with Crippen molar-refractivity contribution in [1.82, 2.24) is 14.9 Å². The number of carbonyl (C=O) groups is 1. The van der Waals surface area contributed by atoms with Crippen molar-refractivity contribution in [2.75, 3.05) is 12.4 Å². The second-order valence-electron chi connectivity index (χ2n) is 8.48.